The van der Waals surface area contributed by atoms with E-state index in [4.69, 9.17) is 9.47 Å². The summed E-state index contributed by atoms with van der Waals surface area (Å²) >= 11 is 0. The number of benzene rings is 3. The van der Waals surface area contributed by atoms with Gasteiger partial charge in [-0.1, -0.05) is 36.4 Å². The largest absolute Gasteiger partial charge is 0.497 e. The highest BCUT2D eigenvalue weighted by atomic mass is 16.5. The molecule has 1 amide bonds. The Morgan fingerprint density at radius 2 is 1.61 bits per heavy atom. The molecule has 0 spiro atoms. The van der Waals surface area contributed by atoms with Gasteiger partial charge in [-0.3, -0.25) is 9.59 Å². The highest BCUT2D eigenvalue weighted by Crippen LogP contribution is 2.24. The van der Waals surface area contributed by atoms with Crippen molar-refractivity contribution < 1.29 is 14.3 Å². The van der Waals surface area contributed by atoms with E-state index < -0.39 is 5.91 Å². The van der Waals surface area contributed by atoms with Crippen LogP contribution in [0, 0.1) is 0 Å². The molecule has 0 fully saturated rings. The molecule has 1 N–H and O–H groups in total. The Balaban J connectivity index is 1.63. The molecular formula is C25H22N2O4. The average Bonchev–Trinajstić information content (AvgIpc) is 2.80. The summed E-state index contributed by atoms with van der Waals surface area (Å²) in [6.45, 7) is 0.280. The summed E-state index contributed by atoms with van der Waals surface area (Å²) in [7, 11) is 3.14. The molecule has 0 atom stereocenters. The molecule has 1 heterocycles. The fourth-order valence-corrected chi connectivity index (χ4v) is 3.51. The van der Waals surface area contributed by atoms with Gasteiger partial charge in [0, 0.05) is 23.3 Å². The van der Waals surface area contributed by atoms with Gasteiger partial charge in [-0.25, -0.2) is 0 Å². The summed E-state index contributed by atoms with van der Waals surface area (Å²) in [4.78, 5) is 25.9. The molecule has 0 aliphatic rings. The van der Waals surface area contributed by atoms with Gasteiger partial charge in [-0.2, -0.15) is 0 Å². The van der Waals surface area contributed by atoms with Gasteiger partial charge in [0.25, 0.3) is 11.5 Å². The van der Waals surface area contributed by atoms with Gasteiger partial charge in [0.1, 0.15) is 17.1 Å². The summed E-state index contributed by atoms with van der Waals surface area (Å²) in [5, 5.41) is 4.80. The van der Waals surface area contributed by atoms with E-state index in [1.807, 2.05) is 54.6 Å². The number of nitrogens with zero attached hydrogens (tertiary/aromatic N) is 1. The fourth-order valence-electron chi connectivity index (χ4n) is 3.51. The Morgan fingerprint density at radius 1 is 0.903 bits per heavy atom. The second kappa shape index (κ2) is 8.75. The van der Waals surface area contributed by atoms with E-state index in [2.05, 4.69) is 5.32 Å². The SMILES string of the molecule is COc1cc(Cn2cccc(C(=O)Nc3cccc4ccccc34)c2=O)cc(OC)c1. The van der Waals surface area contributed by atoms with Crippen LogP contribution in [0.3, 0.4) is 0 Å². The predicted molar refractivity (Wildman–Crippen MR) is 121 cm³/mol. The zero-order valence-electron chi connectivity index (χ0n) is 17.3. The van der Waals surface area contributed by atoms with Crippen LogP contribution in [0.1, 0.15) is 15.9 Å². The minimum atomic E-state index is -0.445. The van der Waals surface area contributed by atoms with E-state index in [9.17, 15) is 9.59 Å². The van der Waals surface area contributed by atoms with E-state index in [-0.39, 0.29) is 17.7 Å². The average molecular weight is 414 g/mol. The number of aromatic nitrogens is 1. The van der Waals surface area contributed by atoms with Crippen LogP contribution in [0.15, 0.2) is 83.8 Å². The van der Waals surface area contributed by atoms with Crippen molar-refractivity contribution in [3.05, 3.63) is 100 Å². The maximum atomic E-state index is 13.0. The van der Waals surface area contributed by atoms with Gasteiger partial charge in [-0.15, -0.1) is 0 Å². The van der Waals surface area contributed by atoms with Gasteiger partial charge in [0.2, 0.25) is 0 Å². The lowest BCUT2D eigenvalue weighted by atomic mass is 10.1. The van der Waals surface area contributed by atoms with Crippen molar-refractivity contribution in [1.29, 1.82) is 0 Å². The van der Waals surface area contributed by atoms with Crippen molar-refractivity contribution in [2.45, 2.75) is 6.54 Å². The maximum Gasteiger partial charge on any atom is 0.263 e. The number of nitrogens with one attached hydrogen (secondary N) is 1. The highest BCUT2D eigenvalue weighted by molar-refractivity contribution is 6.08. The number of hydrogen-bond donors (Lipinski definition) is 1. The molecule has 0 saturated heterocycles. The van der Waals surface area contributed by atoms with E-state index >= 15 is 0 Å². The summed E-state index contributed by atoms with van der Waals surface area (Å²) in [6, 6.07) is 22.1. The van der Waals surface area contributed by atoms with Gasteiger partial charge in [0.15, 0.2) is 0 Å². The number of ether oxygens (including phenoxy) is 2. The molecule has 0 saturated carbocycles. The van der Waals surface area contributed by atoms with Crippen LogP contribution >= 0.6 is 0 Å². The summed E-state index contributed by atoms with van der Waals surface area (Å²) in [5.41, 5.74) is 1.19. The quantitative estimate of drug-likeness (QED) is 0.510. The molecule has 0 aliphatic heterocycles. The third-order valence-electron chi connectivity index (χ3n) is 5.07. The molecule has 0 unspecified atom stereocenters. The number of hydrogen-bond acceptors (Lipinski definition) is 4. The Hall–Kier alpha value is -4.06. The smallest absolute Gasteiger partial charge is 0.263 e. The molecule has 6 nitrogen and oxygen atoms in total. The second-order valence-electron chi connectivity index (χ2n) is 7.06. The van der Waals surface area contributed by atoms with E-state index in [0.29, 0.717) is 17.2 Å². The lowest BCUT2D eigenvalue weighted by molar-refractivity contribution is 0.102. The second-order valence-corrected chi connectivity index (χ2v) is 7.06. The summed E-state index contributed by atoms with van der Waals surface area (Å²) in [5.74, 6) is 0.818. The third kappa shape index (κ3) is 4.28. The highest BCUT2D eigenvalue weighted by Gasteiger charge is 2.14. The number of carbonyl (C=O) groups excluding carboxylic acids is 1. The van der Waals surface area contributed by atoms with E-state index in [1.54, 1.807) is 32.5 Å². The van der Waals surface area contributed by atoms with Crippen molar-refractivity contribution in [2.75, 3.05) is 19.5 Å². The minimum absolute atomic E-state index is 0.0743. The van der Waals surface area contributed by atoms with Gasteiger partial charge in [-0.05, 0) is 41.3 Å². The maximum absolute atomic E-state index is 13.0. The Labute approximate surface area is 179 Å². The van der Waals surface area contributed by atoms with E-state index in [0.717, 1.165) is 16.3 Å². The summed E-state index contributed by atoms with van der Waals surface area (Å²) in [6.07, 6.45) is 1.66. The van der Waals surface area contributed by atoms with Crippen molar-refractivity contribution in [3.63, 3.8) is 0 Å². The number of fused-ring (bicyclic) bond motifs is 1. The van der Waals surface area contributed by atoms with Crippen molar-refractivity contribution in [2.24, 2.45) is 0 Å². The van der Waals surface area contributed by atoms with Gasteiger partial charge >= 0.3 is 0 Å². The van der Waals surface area contributed by atoms with Crippen molar-refractivity contribution in [1.82, 2.24) is 4.57 Å². The van der Waals surface area contributed by atoms with Crippen LogP contribution in [-0.4, -0.2) is 24.7 Å². The topological polar surface area (TPSA) is 69.6 Å². The predicted octanol–water partition coefficient (Wildman–Crippen LogP) is 4.32. The number of carbonyl (C=O) groups is 1. The zero-order valence-corrected chi connectivity index (χ0v) is 17.3. The van der Waals surface area contributed by atoms with E-state index in [1.165, 1.54) is 10.6 Å². The molecule has 3 aromatic carbocycles. The Bertz CT molecular complexity index is 1280. The molecule has 4 rings (SSSR count). The molecule has 0 aliphatic carbocycles. The molecule has 0 bridgehead atoms. The van der Waals surface area contributed by atoms with Gasteiger partial charge < -0.3 is 19.4 Å². The molecule has 6 heteroatoms. The van der Waals surface area contributed by atoms with Gasteiger partial charge in [0.05, 0.1) is 20.8 Å². The lowest BCUT2D eigenvalue weighted by Gasteiger charge is -2.12. The molecular weight excluding hydrogens is 392 g/mol. The number of methoxy groups -OCH3 is 2. The van der Waals surface area contributed by atoms with Crippen molar-refractivity contribution >= 4 is 22.4 Å². The Morgan fingerprint density at radius 3 is 2.35 bits per heavy atom. The van der Waals surface area contributed by atoms with Crippen molar-refractivity contribution in [3.8, 4) is 11.5 Å². The number of rotatable bonds is 6. The van der Waals surface area contributed by atoms with Crippen LogP contribution in [0.5, 0.6) is 11.5 Å². The molecule has 1 aromatic heterocycles. The molecule has 0 radical (unpaired) electrons. The monoisotopic (exact) mass is 414 g/mol. The van der Waals surface area contributed by atoms with Crippen LogP contribution < -0.4 is 20.3 Å². The van der Waals surface area contributed by atoms with Crippen LogP contribution in [0.4, 0.5) is 5.69 Å². The number of pyridine rings is 1. The minimum Gasteiger partial charge on any atom is -0.497 e. The van der Waals surface area contributed by atoms with Crippen LogP contribution in [0.2, 0.25) is 0 Å². The fraction of sp³-hybridized carbons (Fsp3) is 0.120. The number of amides is 1. The van der Waals surface area contributed by atoms with Crippen LogP contribution in [0.25, 0.3) is 10.8 Å². The zero-order chi connectivity index (χ0) is 21.8. The first-order valence-corrected chi connectivity index (χ1v) is 9.79. The number of anilines is 1. The molecule has 4 aromatic rings. The third-order valence-corrected chi connectivity index (χ3v) is 5.07. The standard InChI is InChI=1S/C25H22N2O4/c1-30-19-13-17(14-20(15-19)31-2)16-27-12-6-10-22(25(27)29)24(28)26-23-11-5-8-18-7-3-4-9-21(18)23/h3-15H,16H2,1-2H3,(H,26,28). The first-order valence-electron chi connectivity index (χ1n) is 9.79. The van der Waals surface area contributed by atoms with Crippen LogP contribution in [-0.2, 0) is 6.54 Å². The molecule has 156 valence electrons. The normalized spacial score (nSPS) is 10.6. The first kappa shape index (κ1) is 20.2. The Kier molecular flexibility index (Phi) is 5.71. The summed E-state index contributed by atoms with van der Waals surface area (Å²) < 4.78 is 12.1. The lowest BCUT2D eigenvalue weighted by Crippen LogP contribution is -2.29. The molecule has 31 heavy (non-hydrogen) atoms. The first-order chi connectivity index (χ1) is 15.1.